The molecule has 2 aromatic rings. The van der Waals surface area contributed by atoms with E-state index in [0.717, 1.165) is 17.1 Å². The number of hydrogen-bond acceptors (Lipinski definition) is 6. The molecule has 0 aliphatic carbocycles. The maximum atomic E-state index is 5.78. The zero-order valence-electron chi connectivity index (χ0n) is 12.8. The summed E-state index contributed by atoms with van der Waals surface area (Å²) in [7, 11) is 3.53. The minimum Gasteiger partial charge on any atom is -0.497 e. The van der Waals surface area contributed by atoms with E-state index in [-0.39, 0.29) is 12.5 Å². The third kappa shape index (κ3) is 3.95. The zero-order chi connectivity index (χ0) is 15.2. The summed E-state index contributed by atoms with van der Waals surface area (Å²) in [4.78, 5) is 4.29. The van der Waals surface area contributed by atoms with E-state index in [1.165, 1.54) is 0 Å². The molecule has 6 heteroatoms. The van der Waals surface area contributed by atoms with Crippen LogP contribution in [0.3, 0.4) is 0 Å². The highest BCUT2D eigenvalue weighted by Crippen LogP contribution is 2.25. The van der Waals surface area contributed by atoms with Gasteiger partial charge in [-0.2, -0.15) is 4.98 Å². The lowest BCUT2D eigenvalue weighted by Gasteiger charge is -2.11. The van der Waals surface area contributed by atoms with Gasteiger partial charge < -0.3 is 19.3 Å². The molecule has 0 saturated carbocycles. The van der Waals surface area contributed by atoms with Gasteiger partial charge in [-0.05, 0) is 25.2 Å². The second-order valence-electron chi connectivity index (χ2n) is 4.99. The smallest absolute Gasteiger partial charge is 0.264 e. The van der Waals surface area contributed by atoms with E-state index in [9.17, 15) is 0 Å². The van der Waals surface area contributed by atoms with Gasteiger partial charge in [0.05, 0.1) is 7.11 Å². The second kappa shape index (κ2) is 7.08. The average Bonchev–Trinajstić information content (AvgIpc) is 2.95. The predicted octanol–water partition coefficient (Wildman–Crippen LogP) is 2.50. The van der Waals surface area contributed by atoms with Crippen molar-refractivity contribution in [1.82, 2.24) is 15.5 Å². The molecular formula is C15H21N3O3. The standard InChI is InChI=1S/C15H21N3O3/c1-10(2)15-17-14(21-18-15)9-20-13-6-5-12(19-4)7-11(13)8-16-3/h5-7,10,16H,8-9H2,1-4H3. The van der Waals surface area contributed by atoms with Crippen LogP contribution in [0.4, 0.5) is 0 Å². The molecule has 1 aromatic heterocycles. The van der Waals surface area contributed by atoms with Crippen molar-refractivity contribution in [3.8, 4) is 11.5 Å². The van der Waals surface area contributed by atoms with E-state index in [1.54, 1.807) is 7.11 Å². The van der Waals surface area contributed by atoms with Crippen molar-refractivity contribution >= 4 is 0 Å². The van der Waals surface area contributed by atoms with Gasteiger partial charge in [0.1, 0.15) is 11.5 Å². The Kier molecular flexibility index (Phi) is 5.16. The highest BCUT2D eigenvalue weighted by Gasteiger charge is 2.11. The third-order valence-electron chi connectivity index (χ3n) is 2.99. The fourth-order valence-corrected chi connectivity index (χ4v) is 1.85. The Morgan fingerprint density at radius 2 is 2.14 bits per heavy atom. The normalized spacial score (nSPS) is 10.9. The molecule has 2 rings (SSSR count). The third-order valence-corrected chi connectivity index (χ3v) is 2.99. The Bertz CT molecular complexity index is 581. The van der Waals surface area contributed by atoms with Gasteiger partial charge in [-0.3, -0.25) is 0 Å². The maximum absolute atomic E-state index is 5.78. The monoisotopic (exact) mass is 291 g/mol. The van der Waals surface area contributed by atoms with Gasteiger partial charge in [0.15, 0.2) is 12.4 Å². The van der Waals surface area contributed by atoms with Crippen molar-refractivity contribution < 1.29 is 14.0 Å². The second-order valence-corrected chi connectivity index (χ2v) is 4.99. The first-order chi connectivity index (χ1) is 10.1. The molecule has 1 heterocycles. The van der Waals surface area contributed by atoms with Crippen molar-refractivity contribution in [2.24, 2.45) is 0 Å². The first-order valence-corrected chi connectivity index (χ1v) is 6.90. The Hall–Kier alpha value is -2.08. The van der Waals surface area contributed by atoms with Gasteiger partial charge in [0.25, 0.3) is 5.89 Å². The minimum absolute atomic E-state index is 0.239. The van der Waals surface area contributed by atoms with E-state index in [2.05, 4.69) is 15.5 Å². The summed E-state index contributed by atoms with van der Waals surface area (Å²) in [5, 5.41) is 7.02. The summed E-state index contributed by atoms with van der Waals surface area (Å²) in [6.45, 7) is 4.98. The van der Waals surface area contributed by atoms with Crippen molar-refractivity contribution in [3.63, 3.8) is 0 Å². The molecule has 1 N–H and O–H groups in total. The predicted molar refractivity (Wildman–Crippen MR) is 78.5 cm³/mol. The number of methoxy groups -OCH3 is 1. The first-order valence-electron chi connectivity index (χ1n) is 6.90. The van der Waals surface area contributed by atoms with Crippen molar-refractivity contribution in [3.05, 3.63) is 35.5 Å². The molecule has 0 amide bonds. The summed E-state index contributed by atoms with van der Waals surface area (Å²) in [5.74, 6) is 2.98. The van der Waals surface area contributed by atoms with Crippen molar-refractivity contribution in [2.75, 3.05) is 14.2 Å². The summed E-state index contributed by atoms with van der Waals surface area (Å²) in [6.07, 6.45) is 0. The summed E-state index contributed by atoms with van der Waals surface area (Å²) >= 11 is 0. The van der Waals surface area contributed by atoms with Crippen LogP contribution in [0, 0.1) is 0 Å². The number of nitrogens with one attached hydrogen (secondary N) is 1. The highest BCUT2D eigenvalue weighted by molar-refractivity contribution is 5.40. The molecular weight excluding hydrogens is 270 g/mol. The number of nitrogens with zero attached hydrogens (tertiary/aromatic N) is 2. The highest BCUT2D eigenvalue weighted by atomic mass is 16.5. The molecule has 0 aliphatic rings. The van der Waals surface area contributed by atoms with Crippen LogP contribution >= 0.6 is 0 Å². The van der Waals surface area contributed by atoms with Crippen LogP contribution < -0.4 is 14.8 Å². The number of ether oxygens (including phenoxy) is 2. The van der Waals surface area contributed by atoms with Crippen LogP contribution in [0.25, 0.3) is 0 Å². The Morgan fingerprint density at radius 3 is 2.76 bits per heavy atom. The SMILES string of the molecule is CNCc1cc(OC)ccc1OCc1nc(C(C)C)no1. The zero-order valence-corrected chi connectivity index (χ0v) is 12.8. The average molecular weight is 291 g/mol. The fourth-order valence-electron chi connectivity index (χ4n) is 1.85. The number of rotatable bonds is 7. The van der Waals surface area contributed by atoms with Gasteiger partial charge in [-0.15, -0.1) is 0 Å². The van der Waals surface area contributed by atoms with E-state index in [0.29, 0.717) is 18.3 Å². The van der Waals surface area contributed by atoms with E-state index < -0.39 is 0 Å². The molecule has 0 aliphatic heterocycles. The molecule has 0 saturated heterocycles. The Labute approximate surface area is 124 Å². The number of hydrogen-bond donors (Lipinski definition) is 1. The quantitative estimate of drug-likeness (QED) is 0.845. The van der Waals surface area contributed by atoms with Crippen LogP contribution in [0.15, 0.2) is 22.7 Å². The lowest BCUT2D eigenvalue weighted by Crippen LogP contribution is -2.08. The molecule has 1 aromatic carbocycles. The summed E-state index contributed by atoms with van der Waals surface area (Å²) in [6, 6.07) is 5.69. The van der Waals surface area contributed by atoms with Gasteiger partial charge in [0.2, 0.25) is 0 Å². The van der Waals surface area contributed by atoms with E-state index in [4.69, 9.17) is 14.0 Å². The summed E-state index contributed by atoms with van der Waals surface area (Å²) < 4.78 is 16.2. The molecule has 0 radical (unpaired) electrons. The fraction of sp³-hybridized carbons (Fsp3) is 0.467. The molecule has 114 valence electrons. The number of aromatic nitrogens is 2. The van der Waals surface area contributed by atoms with Gasteiger partial charge >= 0.3 is 0 Å². The molecule has 0 unspecified atom stereocenters. The van der Waals surface area contributed by atoms with Crippen LogP contribution in [-0.2, 0) is 13.2 Å². The van der Waals surface area contributed by atoms with Crippen LogP contribution in [0.1, 0.15) is 37.0 Å². The van der Waals surface area contributed by atoms with Gasteiger partial charge in [0, 0.05) is 18.0 Å². The van der Waals surface area contributed by atoms with Gasteiger partial charge in [-0.25, -0.2) is 0 Å². The molecule has 6 nitrogen and oxygen atoms in total. The largest absolute Gasteiger partial charge is 0.497 e. The van der Waals surface area contributed by atoms with Crippen LogP contribution in [0.5, 0.6) is 11.5 Å². The lowest BCUT2D eigenvalue weighted by atomic mass is 10.2. The van der Waals surface area contributed by atoms with Crippen LogP contribution in [0.2, 0.25) is 0 Å². The summed E-state index contributed by atoms with van der Waals surface area (Å²) in [5.41, 5.74) is 1.01. The lowest BCUT2D eigenvalue weighted by molar-refractivity contribution is 0.240. The topological polar surface area (TPSA) is 69.4 Å². The molecule has 21 heavy (non-hydrogen) atoms. The number of benzene rings is 1. The molecule has 0 fully saturated rings. The van der Waals surface area contributed by atoms with Crippen molar-refractivity contribution in [1.29, 1.82) is 0 Å². The first kappa shape index (κ1) is 15.3. The molecule has 0 spiro atoms. The molecule has 0 bridgehead atoms. The maximum Gasteiger partial charge on any atom is 0.264 e. The van der Waals surface area contributed by atoms with Crippen LogP contribution in [-0.4, -0.2) is 24.3 Å². The Balaban J connectivity index is 2.07. The van der Waals surface area contributed by atoms with Crippen molar-refractivity contribution in [2.45, 2.75) is 32.9 Å². The minimum atomic E-state index is 0.239. The van der Waals surface area contributed by atoms with Gasteiger partial charge in [-0.1, -0.05) is 19.0 Å². The molecule has 0 atom stereocenters. The van der Waals surface area contributed by atoms with E-state index >= 15 is 0 Å². The Morgan fingerprint density at radius 1 is 1.33 bits per heavy atom. The van der Waals surface area contributed by atoms with E-state index in [1.807, 2.05) is 39.1 Å².